The largest absolute Gasteiger partial charge is 0.435 e. The normalized spacial score (nSPS) is 12.6. The van der Waals surface area contributed by atoms with Gasteiger partial charge >= 0.3 is 6.18 Å². The fourth-order valence-electron chi connectivity index (χ4n) is 2.02. The minimum absolute atomic E-state index is 0.0541. The molecule has 1 aromatic rings. The van der Waals surface area contributed by atoms with Crippen molar-refractivity contribution in [2.24, 2.45) is 12.0 Å². The molecule has 0 fully saturated rings. The van der Waals surface area contributed by atoms with Gasteiger partial charge in [0, 0.05) is 38.9 Å². The van der Waals surface area contributed by atoms with Crippen molar-refractivity contribution >= 4 is 5.96 Å². The number of aromatic nitrogens is 2. The van der Waals surface area contributed by atoms with E-state index < -0.39 is 11.9 Å². The standard InChI is InChI=1S/C14H24F3N5/c1-5-7-8-21(3)13(18-6-2)19-9-11-10-22(4)20-12(11)14(15,16)17/h10H,5-9H2,1-4H3,(H,18,19). The quantitative estimate of drug-likeness (QED) is 0.648. The second-order valence-electron chi connectivity index (χ2n) is 5.12. The Hall–Kier alpha value is -1.73. The molecule has 0 unspecified atom stereocenters. The molecule has 0 aliphatic rings. The van der Waals surface area contributed by atoms with Crippen molar-refractivity contribution in [3.8, 4) is 0 Å². The minimum Gasteiger partial charge on any atom is -0.357 e. The molecule has 0 atom stereocenters. The van der Waals surface area contributed by atoms with Crippen LogP contribution in [0.15, 0.2) is 11.2 Å². The summed E-state index contributed by atoms with van der Waals surface area (Å²) in [5.41, 5.74) is -0.792. The van der Waals surface area contributed by atoms with Gasteiger partial charge in [-0.2, -0.15) is 18.3 Å². The van der Waals surface area contributed by atoms with E-state index in [-0.39, 0.29) is 12.1 Å². The Bertz CT molecular complexity index is 493. The summed E-state index contributed by atoms with van der Waals surface area (Å²) in [7, 11) is 3.35. The SMILES string of the molecule is CCCCN(C)C(=NCc1cn(C)nc1C(F)(F)F)NCC. The van der Waals surface area contributed by atoms with Crippen LogP contribution in [0.25, 0.3) is 0 Å². The number of nitrogens with one attached hydrogen (secondary N) is 1. The first kappa shape index (κ1) is 18.3. The van der Waals surface area contributed by atoms with Gasteiger partial charge < -0.3 is 10.2 Å². The summed E-state index contributed by atoms with van der Waals surface area (Å²) < 4.78 is 39.9. The van der Waals surface area contributed by atoms with E-state index in [1.54, 1.807) is 0 Å². The Morgan fingerprint density at radius 3 is 2.64 bits per heavy atom. The van der Waals surface area contributed by atoms with Crippen LogP contribution < -0.4 is 5.32 Å². The number of hydrogen-bond donors (Lipinski definition) is 1. The lowest BCUT2D eigenvalue weighted by Crippen LogP contribution is -2.39. The molecule has 0 saturated heterocycles. The van der Waals surface area contributed by atoms with Crippen LogP contribution in [0.4, 0.5) is 13.2 Å². The number of halogens is 3. The van der Waals surface area contributed by atoms with Crippen LogP contribution >= 0.6 is 0 Å². The Morgan fingerprint density at radius 2 is 2.09 bits per heavy atom. The van der Waals surface area contributed by atoms with Crippen molar-refractivity contribution in [2.45, 2.75) is 39.4 Å². The molecule has 22 heavy (non-hydrogen) atoms. The van der Waals surface area contributed by atoms with Gasteiger partial charge in [-0.1, -0.05) is 13.3 Å². The number of alkyl halides is 3. The fraction of sp³-hybridized carbons (Fsp3) is 0.714. The molecule has 1 rings (SSSR count). The van der Waals surface area contributed by atoms with Crippen molar-refractivity contribution in [2.75, 3.05) is 20.1 Å². The third kappa shape index (κ3) is 5.23. The third-order valence-electron chi connectivity index (χ3n) is 3.12. The van der Waals surface area contributed by atoms with Gasteiger partial charge in [0.1, 0.15) is 0 Å². The zero-order chi connectivity index (χ0) is 16.8. The molecule has 1 N–H and O–H groups in total. The summed E-state index contributed by atoms with van der Waals surface area (Å²) in [5.74, 6) is 0.605. The van der Waals surface area contributed by atoms with Crippen molar-refractivity contribution in [1.82, 2.24) is 20.0 Å². The lowest BCUT2D eigenvalue weighted by atomic mass is 10.2. The van der Waals surface area contributed by atoms with Gasteiger partial charge in [-0.25, -0.2) is 4.99 Å². The maximum Gasteiger partial charge on any atom is 0.435 e. The van der Waals surface area contributed by atoms with E-state index in [0.717, 1.165) is 19.4 Å². The van der Waals surface area contributed by atoms with Crippen LogP contribution in [0, 0.1) is 0 Å². The van der Waals surface area contributed by atoms with Crippen LogP contribution in [0.5, 0.6) is 0 Å². The summed E-state index contributed by atoms with van der Waals surface area (Å²) in [4.78, 5) is 6.23. The maximum atomic E-state index is 12.9. The molecular formula is C14H24F3N5. The zero-order valence-corrected chi connectivity index (χ0v) is 13.5. The number of rotatable bonds is 6. The number of aryl methyl sites for hydroxylation is 1. The second-order valence-corrected chi connectivity index (χ2v) is 5.12. The predicted octanol–water partition coefficient (Wildman–Crippen LogP) is 2.64. The highest BCUT2D eigenvalue weighted by Gasteiger charge is 2.36. The second kappa shape index (κ2) is 8.05. The summed E-state index contributed by atoms with van der Waals surface area (Å²) in [6.45, 7) is 5.43. The highest BCUT2D eigenvalue weighted by atomic mass is 19.4. The average Bonchev–Trinajstić information content (AvgIpc) is 2.82. The monoisotopic (exact) mass is 319 g/mol. The Morgan fingerprint density at radius 1 is 1.41 bits per heavy atom. The topological polar surface area (TPSA) is 45.5 Å². The maximum absolute atomic E-state index is 12.9. The van der Waals surface area contributed by atoms with Crippen LogP contribution in [-0.4, -0.2) is 40.8 Å². The van der Waals surface area contributed by atoms with Crippen LogP contribution in [0.3, 0.4) is 0 Å². The molecule has 0 saturated carbocycles. The molecule has 0 bridgehead atoms. The van der Waals surface area contributed by atoms with E-state index >= 15 is 0 Å². The third-order valence-corrected chi connectivity index (χ3v) is 3.12. The van der Waals surface area contributed by atoms with E-state index in [4.69, 9.17) is 0 Å². The van der Waals surface area contributed by atoms with Gasteiger partial charge in [-0.15, -0.1) is 0 Å². The van der Waals surface area contributed by atoms with Crippen LogP contribution in [0.2, 0.25) is 0 Å². The summed E-state index contributed by atoms with van der Waals surface area (Å²) in [6.07, 6.45) is -1.05. The zero-order valence-electron chi connectivity index (χ0n) is 13.5. The van der Waals surface area contributed by atoms with E-state index in [2.05, 4.69) is 22.3 Å². The molecule has 126 valence electrons. The van der Waals surface area contributed by atoms with E-state index in [0.29, 0.717) is 12.5 Å². The number of hydrogen-bond acceptors (Lipinski definition) is 2. The molecule has 0 amide bonds. The van der Waals surface area contributed by atoms with Crippen LogP contribution in [0.1, 0.15) is 37.9 Å². The van der Waals surface area contributed by atoms with Crippen molar-refractivity contribution in [3.05, 3.63) is 17.5 Å². The van der Waals surface area contributed by atoms with Gasteiger partial charge in [0.15, 0.2) is 11.7 Å². The lowest BCUT2D eigenvalue weighted by molar-refractivity contribution is -0.142. The van der Waals surface area contributed by atoms with Crippen molar-refractivity contribution in [1.29, 1.82) is 0 Å². The number of guanidine groups is 1. The first-order valence-corrected chi connectivity index (χ1v) is 7.38. The highest BCUT2D eigenvalue weighted by Crippen LogP contribution is 2.30. The molecule has 1 heterocycles. The molecule has 0 spiro atoms. The minimum atomic E-state index is -4.46. The molecular weight excluding hydrogens is 295 g/mol. The highest BCUT2D eigenvalue weighted by molar-refractivity contribution is 5.79. The predicted molar refractivity (Wildman–Crippen MR) is 80.6 cm³/mol. The molecule has 0 aromatic carbocycles. The van der Waals surface area contributed by atoms with E-state index in [9.17, 15) is 13.2 Å². The lowest BCUT2D eigenvalue weighted by Gasteiger charge is -2.21. The first-order chi connectivity index (χ1) is 10.3. The van der Waals surface area contributed by atoms with Gasteiger partial charge in [0.2, 0.25) is 0 Å². The number of aliphatic imine (C=N–C) groups is 1. The Balaban J connectivity index is 2.91. The smallest absolute Gasteiger partial charge is 0.357 e. The van der Waals surface area contributed by atoms with Gasteiger partial charge in [-0.05, 0) is 13.3 Å². The van der Waals surface area contributed by atoms with Crippen LogP contribution in [-0.2, 0) is 19.8 Å². The first-order valence-electron chi connectivity index (χ1n) is 7.38. The molecule has 0 aliphatic heterocycles. The summed E-state index contributed by atoms with van der Waals surface area (Å²) in [5, 5.41) is 6.58. The summed E-state index contributed by atoms with van der Waals surface area (Å²) in [6, 6.07) is 0. The molecule has 0 radical (unpaired) electrons. The molecule has 8 heteroatoms. The van der Waals surface area contributed by atoms with Crippen molar-refractivity contribution < 1.29 is 13.2 Å². The average molecular weight is 319 g/mol. The fourth-order valence-corrected chi connectivity index (χ4v) is 2.02. The van der Waals surface area contributed by atoms with Crippen molar-refractivity contribution in [3.63, 3.8) is 0 Å². The molecule has 1 aromatic heterocycles. The Kier molecular flexibility index (Phi) is 6.70. The van der Waals surface area contributed by atoms with Gasteiger partial charge in [0.05, 0.1) is 6.54 Å². The molecule has 0 aliphatic carbocycles. The molecule has 5 nitrogen and oxygen atoms in total. The Labute approximate surface area is 129 Å². The van der Waals surface area contributed by atoms with E-state index in [1.165, 1.54) is 17.9 Å². The number of nitrogens with zero attached hydrogens (tertiary/aromatic N) is 4. The van der Waals surface area contributed by atoms with E-state index in [1.807, 2.05) is 18.9 Å². The van der Waals surface area contributed by atoms with Gasteiger partial charge in [-0.3, -0.25) is 4.68 Å². The number of unbranched alkanes of at least 4 members (excludes halogenated alkanes) is 1. The van der Waals surface area contributed by atoms with Gasteiger partial charge in [0.25, 0.3) is 0 Å². The summed E-state index contributed by atoms with van der Waals surface area (Å²) >= 11 is 0.